The number of likely N-dealkylation sites (N-methyl/N-ethyl adjacent to an activating group) is 1. The molecule has 5 heteroatoms. The van der Waals surface area contributed by atoms with E-state index in [2.05, 4.69) is 19.2 Å². The van der Waals surface area contributed by atoms with Crippen molar-refractivity contribution in [2.75, 3.05) is 33.9 Å². The fraction of sp³-hybridized carbons (Fsp3) is 0.562. The van der Waals surface area contributed by atoms with E-state index in [4.69, 9.17) is 9.47 Å². The van der Waals surface area contributed by atoms with Gasteiger partial charge in [0.2, 0.25) is 5.91 Å². The molecule has 0 bridgehead atoms. The Morgan fingerprint density at radius 2 is 1.86 bits per heavy atom. The summed E-state index contributed by atoms with van der Waals surface area (Å²) in [7, 11) is 3.43. The monoisotopic (exact) mass is 294 g/mol. The zero-order chi connectivity index (χ0) is 15.7. The number of benzene rings is 1. The minimum atomic E-state index is 0.126. The Balaban J connectivity index is 2.22. The third-order valence-corrected chi connectivity index (χ3v) is 3.07. The molecule has 1 aromatic carbocycles. The molecule has 0 aliphatic heterocycles. The van der Waals surface area contributed by atoms with Gasteiger partial charge in [0, 0.05) is 26.1 Å². The summed E-state index contributed by atoms with van der Waals surface area (Å²) in [6, 6.07) is 7.81. The van der Waals surface area contributed by atoms with Crippen LogP contribution in [0, 0.1) is 0 Å². The Morgan fingerprint density at radius 1 is 1.24 bits per heavy atom. The third kappa shape index (κ3) is 6.99. The van der Waals surface area contributed by atoms with E-state index in [0.717, 1.165) is 11.5 Å². The lowest BCUT2D eigenvalue weighted by Gasteiger charge is -2.18. The number of carbonyl (C=O) groups excluding carboxylic acids is 1. The summed E-state index contributed by atoms with van der Waals surface area (Å²) in [4.78, 5) is 13.6. The molecule has 0 aromatic heterocycles. The van der Waals surface area contributed by atoms with Crippen molar-refractivity contribution in [1.82, 2.24) is 10.2 Å². The minimum Gasteiger partial charge on any atom is -0.497 e. The van der Waals surface area contributed by atoms with Crippen LogP contribution in [0.25, 0.3) is 0 Å². The molecule has 0 radical (unpaired) electrons. The van der Waals surface area contributed by atoms with Crippen LogP contribution in [0.3, 0.4) is 0 Å². The van der Waals surface area contributed by atoms with Crippen molar-refractivity contribution in [3.05, 3.63) is 24.3 Å². The summed E-state index contributed by atoms with van der Waals surface area (Å²) in [6.07, 6.45) is 0.511. The first-order valence-electron chi connectivity index (χ1n) is 7.27. The van der Waals surface area contributed by atoms with Crippen molar-refractivity contribution < 1.29 is 14.3 Å². The van der Waals surface area contributed by atoms with Crippen molar-refractivity contribution in [2.24, 2.45) is 0 Å². The molecule has 0 aliphatic carbocycles. The number of carbonyl (C=O) groups is 1. The molecule has 0 atom stereocenters. The zero-order valence-corrected chi connectivity index (χ0v) is 13.4. The van der Waals surface area contributed by atoms with E-state index in [-0.39, 0.29) is 5.91 Å². The van der Waals surface area contributed by atoms with E-state index < -0.39 is 0 Å². The summed E-state index contributed by atoms with van der Waals surface area (Å²) in [5.74, 6) is 1.70. The van der Waals surface area contributed by atoms with Gasteiger partial charge in [-0.15, -0.1) is 0 Å². The standard InChI is InChI=1S/C16H26N2O3/c1-13(2)17-10-9-16(19)18(3)11-12-21-15-7-5-14(20-4)6-8-15/h5-8,13,17H,9-12H2,1-4H3. The van der Waals surface area contributed by atoms with Gasteiger partial charge in [0.25, 0.3) is 0 Å². The van der Waals surface area contributed by atoms with Crippen LogP contribution in [0.2, 0.25) is 0 Å². The average molecular weight is 294 g/mol. The second kappa shape index (κ2) is 9.23. The predicted octanol–water partition coefficient (Wildman–Crippen LogP) is 1.92. The number of hydrogen-bond acceptors (Lipinski definition) is 4. The van der Waals surface area contributed by atoms with Crippen molar-refractivity contribution >= 4 is 5.91 Å². The van der Waals surface area contributed by atoms with Crippen LogP contribution >= 0.6 is 0 Å². The topological polar surface area (TPSA) is 50.8 Å². The first-order chi connectivity index (χ1) is 10.0. The van der Waals surface area contributed by atoms with Gasteiger partial charge in [-0.05, 0) is 24.3 Å². The van der Waals surface area contributed by atoms with Crippen LogP contribution in [-0.2, 0) is 4.79 Å². The molecule has 0 unspecified atom stereocenters. The van der Waals surface area contributed by atoms with Gasteiger partial charge < -0.3 is 19.7 Å². The molecule has 0 spiro atoms. The number of rotatable bonds is 9. The third-order valence-electron chi connectivity index (χ3n) is 3.07. The van der Waals surface area contributed by atoms with Crippen LogP contribution in [0.4, 0.5) is 0 Å². The Kier molecular flexibility index (Phi) is 7.61. The minimum absolute atomic E-state index is 0.126. The molecule has 0 aliphatic rings. The second-order valence-electron chi connectivity index (χ2n) is 5.20. The largest absolute Gasteiger partial charge is 0.497 e. The van der Waals surface area contributed by atoms with Gasteiger partial charge in [-0.1, -0.05) is 13.8 Å². The van der Waals surface area contributed by atoms with Gasteiger partial charge in [-0.25, -0.2) is 0 Å². The Labute approximate surface area is 127 Å². The molecular formula is C16H26N2O3. The Morgan fingerprint density at radius 3 is 2.43 bits per heavy atom. The number of ether oxygens (including phenoxy) is 2. The summed E-state index contributed by atoms with van der Waals surface area (Å²) in [6.45, 7) is 5.90. The van der Waals surface area contributed by atoms with Gasteiger partial charge in [-0.3, -0.25) is 4.79 Å². The summed E-state index contributed by atoms with van der Waals surface area (Å²) >= 11 is 0. The van der Waals surface area contributed by atoms with Crippen molar-refractivity contribution in [3.8, 4) is 11.5 Å². The molecule has 21 heavy (non-hydrogen) atoms. The lowest BCUT2D eigenvalue weighted by Crippen LogP contribution is -2.34. The number of nitrogens with zero attached hydrogens (tertiary/aromatic N) is 1. The zero-order valence-electron chi connectivity index (χ0n) is 13.4. The number of nitrogens with one attached hydrogen (secondary N) is 1. The lowest BCUT2D eigenvalue weighted by atomic mass is 10.3. The highest BCUT2D eigenvalue weighted by molar-refractivity contribution is 5.76. The van der Waals surface area contributed by atoms with E-state index in [1.165, 1.54) is 0 Å². The van der Waals surface area contributed by atoms with Gasteiger partial charge in [0.1, 0.15) is 18.1 Å². The van der Waals surface area contributed by atoms with Crippen LogP contribution in [0.15, 0.2) is 24.3 Å². The van der Waals surface area contributed by atoms with Crippen molar-refractivity contribution in [1.29, 1.82) is 0 Å². The first kappa shape index (κ1) is 17.3. The molecule has 1 N–H and O–H groups in total. The van der Waals surface area contributed by atoms with E-state index in [0.29, 0.717) is 32.2 Å². The molecule has 0 heterocycles. The molecule has 1 aromatic rings. The molecule has 118 valence electrons. The van der Waals surface area contributed by atoms with Gasteiger partial charge in [0.05, 0.1) is 13.7 Å². The van der Waals surface area contributed by atoms with Crippen LogP contribution in [-0.4, -0.2) is 50.7 Å². The molecule has 0 fully saturated rings. The van der Waals surface area contributed by atoms with Crippen LogP contribution in [0.5, 0.6) is 11.5 Å². The van der Waals surface area contributed by atoms with Gasteiger partial charge in [0.15, 0.2) is 0 Å². The van der Waals surface area contributed by atoms with Crippen molar-refractivity contribution in [3.63, 3.8) is 0 Å². The number of methoxy groups -OCH3 is 1. The average Bonchev–Trinajstić information content (AvgIpc) is 2.47. The quantitative estimate of drug-likeness (QED) is 0.756. The predicted molar refractivity (Wildman–Crippen MR) is 83.9 cm³/mol. The smallest absolute Gasteiger partial charge is 0.223 e. The van der Waals surface area contributed by atoms with Gasteiger partial charge in [-0.2, -0.15) is 0 Å². The summed E-state index contributed by atoms with van der Waals surface area (Å²) in [5, 5.41) is 3.23. The highest BCUT2D eigenvalue weighted by Crippen LogP contribution is 2.16. The maximum absolute atomic E-state index is 11.9. The maximum atomic E-state index is 11.9. The van der Waals surface area contributed by atoms with Crippen LogP contribution < -0.4 is 14.8 Å². The van der Waals surface area contributed by atoms with E-state index in [1.54, 1.807) is 19.1 Å². The summed E-state index contributed by atoms with van der Waals surface area (Å²) < 4.78 is 10.7. The molecule has 1 amide bonds. The van der Waals surface area contributed by atoms with Crippen LogP contribution in [0.1, 0.15) is 20.3 Å². The Hall–Kier alpha value is -1.75. The Bertz CT molecular complexity index is 418. The van der Waals surface area contributed by atoms with Gasteiger partial charge >= 0.3 is 0 Å². The highest BCUT2D eigenvalue weighted by Gasteiger charge is 2.08. The highest BCUT2D eigenvalue weighted by atomic mass is 16.5. The molecular weight excluding hydrogens is 268 g/mol. The maximum Gasteiger partial charge on any atom is 0.223 e. The lowest BCUT2D eigenvalue weighted by molar-refractivity contribution is -0.130. The first-order valence-corrected chi connectivity index (χ1v) is 7.27. The fourth-order valence-electron chi connectivity index (χ4n) is 1.76. The SMILES string of the molecule is COc1ccc(OCCN(C)C(=O)CCNC(C)C)cc1. The van der Waals surface area contributed by atoms with E-state index in [9.17, 15) is 4.79 Å². The second-order valence-corrected chi connectivity index (χ2v) is 5.20. The molecule has 1 rings (SSSR count). The molecule has 5 nitrogen and oxygen atoms in total. The number of amides is 1. The van der Waals surface area contributed by atoms with E-state index >= 15 is 0 Å². The normalized spacial score (nSPS) is 10.5. The fourth-order valence-corrected chi connectivity index (χ4v) is 1.76. The van der Waals surface area contributed by atoms with Crippen molar-refractivity contribution in [2.45, 2.75) is 26.3 Å². The summed E-state index contributed by atoms with van der Waals surface area (Å²) in [5.41, 5.74) is 0. The molecule has 0 saturated heterocycles. The number of hydrogen-bond donors (Lipinski definition) is 1. The molecule has 0 saturated carbocycles. The van der Waals surface area contributed by atoms with E-state index in [1.807, 2.05) is 24.3 Å².